The molecular weight excluding hydrogens is 637 g/mol. The minimum absolute atomic E-state index is 0.295. The number of carboxylic acids is 1. The summed E-state index contributed by atoms with van der Waals surface area (Å²) < 4.78 is 2.25. The van der Waals surface area contributed by atoms with Crippen molar-refractivity contribution in [2.24, 2.45) is 0 Å². The Hall–Kier alpha value is -6.70. The topological polar surface area (TPSA) is 66.0 Å². The SMILES string of the molecule is Cc1ccc(C(=Cc2ccc3c(ccc4cc(-n5c6ccccc6c6cc(/C=C(\C#N)C(=O)O)ccc65)ccc43)c2)c2ccc(C)cc2C)c(C)c1. The van der Waals surface area contributed by atoms with Gasteiger partial charge in [0.1, 0.15) is 11.6 Å². The van der Waals surface area contributed by atoms with Gasteiger partial charge in [-0.1, -0.05) is 102 Å². The van der Waals surface area contributed by atoms with E-state index in [-0.39, 0.29) is 5.57 Å². The molecule has 0 aliphatic heterocycles. The number of aromatic nitrogens is 1. The molecule has 0 aliphatic carbocycles. The Kier molecular flexibility index (Phi) is 8.05. The Bertz CT molecular complexity index is 2820. The average Bonchev–Trinajstić information content (AvgIpc) is 3.46. The third-order valence-electron chi connectivity index (χ3n) is 10.1. The second-order valence-corrected chi connectivity index (χ2v) is 13.8. The van der Waals surface area contributed by atoms with Crippen molar-refractivity contribution in [1.82, 2.24) is 4.57 Å². The Balaban J connectivity index is 1.23. The third kappa shape index (κ3) is 5.73. The van der Waals surface area contributed by atoms with E-state index in [9.17, 15) is 15.2 Å². The van der Waals surface area contributed by atoms with E-state index in [1.54, 1.807) is 6.07 Å². The van der Waals surface area contributed by atoms with Crippen molar-refractivity contribution < 1.29 is 9.90 Å². The molecule has 0 aliphatic rings. The number of fused-ring (bicyclic) bond motifs is 6. The van der Waals surface area contributed by atoms with E-state index in [1.165, 1.54) is 61.2 Å². The number of aryl methyl sites for hydroxylation is 4. The highest BCUT2D eigenvalue weighted by molar-refractivity contribution is 6.12. The molecular formula is C48H36N2O2. The lowest BCUT2D eigenvalue weighted by molar-refractivity contribution is -0.132. The maximum atomic E-state index is 11.5. The van der Waals surface area contributed by atoms with Gasteiger partial charge in [-0.2, -0.15) is 5.26 Å². The first-order valence-electron chi connectivity index (χ1n) is 17.4. The predicted octanol–water partition coefficient (Wildman–Crippen LogP) is 11.9. The number of rotatable bonds is 6. The van der Waals surface area contributed by atoms with Gasteiger partial charge in [-0.05, 0) is 137 Å². The molecule has 1 N–H and O–H groups in total. The van der Waals surface area contributed by atoms with Gasteiger partial charge in [-0.3, -0.25) is 0 Å². The molecule has 0 bridgehead atoms. The monoisotopic (exact) mass is 672 g/mol. The summed E-state index contributed by atoms with van der Waals surface area (Å²) in [6, 6.07) is 47.0. The lowest BCUT2D eigenvalue weighted by Crippen LogP contribution is -1.97. The summed E-state index contributed by atoms with van der Waals surface area (Å²) >= 11 is 0. The first-order valence-corrected chi connectivity index (χ1v) is 17.4. The standard InChI is InChI=1S/C48H36N2O2/c1-29-9-16-39(31(3)21-29)44(40-17-10-30(2)22-32(40)4)25-33-11-18-41-35(23-33)13-14-36-27-38(15-19-42(36)41)50-46-8-6-5-7-43(46)45-26-34(12-20-47(45)50)24-37(28-49)48(51)52/h5-27H,1-4H3,(H,51,52)/b37-24+. The molecule has 0 saturated carbocycles. The molecule has 7 aromatic carbocycles. The summed E-state index contributed by atoms with van der Waals surface area (Å²) in [5.41, 5.74) is 13.4. The van der Waals surface area contributed by atoms with Crippen molar-refractivity contribution in [3.8, 4) is 11.8 Å². The highest BCUT2D eigenvalue weighted by Crippen LogP contribution is 2.36. The Morgan fingerprint density at radius 2 is 1.19 bits per heavy atom. The summed E-state index contributed by atoms with van der Waals surface area (Å²) in [7, 11) is 0. The molecule has 0 fully saturated rings. The molecule has 0 radical (unpaired) electrons. The number of nitriles is 1. The van der Waals surface area contributed by atoms with E-state index in [4.69, 9.17) is 0 Å². The average molecular weight is 673 g/mol. The molecule has 8 aromatic rings. The van der Waals surface area contributed by atoms with Gasteiger partial charge in [0.15, 0.2) is 0 Å². The van der Waals surface area contributed by atoms with E-state index in [0.717, 1.165) is 38.4 Å². The fourth-order valence-corrected chi connectivity index (χ4v) is 7.67. The Morgan fingerprint density at radius 1 is 0.596 bits per heavy atom. The maximum Gasteiger partial charge on any atom is 0.346 e. The molecule has 8 rings (SSSR count). The molecule has 250 valence electrons. The highest BCUT2D eigenvalue weighted by Gasteiger charge is 2.15. The number of nitrogens with zero attached hydrogens (tertiary/aromatic N) is 2. The van der Waals surface area contributed by atoms with Crippen LogP contribution in [0.4, 0.5) is 0 Å². The smallest absolute Gasteiger partial charge is 0.346 e. The van der Waals surface area contributed by atoms with Crippen LogP contribution in [0.2, 0.25) is 0 Å². The van der Waals surface area contributed by atoms with Crippen LogP contribution in [0.15, 0.2) is 133 Å². The molecule has 1 heterocycles. The van der Waals surface area contributed by atoms with Crippen LogP contribution in [0.1, 0.15) is 44.5 Å². The second kappa shape index (κ2) is 12.9. The molecule has 0 atom stereocenters. The summed E-state index contributed by atoms with van der Waals surface area (Å²) in [5, 5.41) is 25.5. The fraction of sp³-hybridized carbons (Fsp3) is 0.0833. The number of hydrogen-bond donors (Lipinski definition) is 1. The Labute approximate surface area is 302 Å². The zero-order valence-electron chi connectivity index (χ0n) is 29.5. The van der Waals surface area contributed by atoms with Crippen LogP contribution in [-0.2, 0) is 4.79 Å². The number of para-hydroxylation sites is 1. The second-order valence-electron chi connectivity index (χ2n) is 13.8. The van der Waals surface area contributed by atoms with Gasteiger partial charge in [-0.15, -0.1) is 0 Å². The van der Waals surface area contributed by atoms with Crippen molar-refractivity contribution >= 4 is 67.0 Å². The summed E-state index contributed by atoms with van der Waals surface area (Å²) in [6.45, 7) is 8.68. The normalized spacial score (nSPS) is 11.7. The zero-order chi connectivity index (χ0) is 36.1. The molecule has 0 saturated heterocycles. The maximum absolute atomic E-state index is 11.5. The fourth-order valence-electron chi connectivity index (χ4n) is 7.67. The van der Waals surface area contributed by atoms with Crippen molar-refractivity contribution in [3.05, 3.63) is 177 Å². The number of benzene rings is 7. The van der Waals surface area contributed by atoms with Crippen LogP contribution in [-0.4, -0.2) is 15.6 Å². The number of carboxylic acid groups (broad SMARTS) is 1. The molecule has 52 heavy (non-hydrogen) atoms. The van der Waals surface area contributed by atoms with Gasteiger partial charge < -0.3 is 9.67 Å². The van der Waals surface area contributed by atoms with Crippen molar-refractivity contribution in [2.75, 3.05) is 0 Å². The van der Waals surface area contributed by atoms with E-state index in [2.05, 4.69) is 135 Å². The summed E-state index contributed by atoms with van der Waals surface area (Å²) in [5.74, 6) is -1.24. The Morgan fingerprint density at radius 3 is 1.85 bits per heavy atom. The zero-order valence-corrected chi connectivity index (χ0v) is 29.5. The van der Waals surface area contributed by atoms with Gasteiger partial charge in [0.2, 0.25) is 0 Å². The summed E-state index contributed by atoms with van der Waals surface area (Å²) in [6.07, 6.45) is 3.75. The van der Waals surface area contributed by atoms with Crippen molar-refractivity contribution in [1.29, 1.82) is 5.26 Å². The molecule has 0 unspecified atom stereocenters. The first kappa shape index (κ1) is 32.5. The number of aliphatic carboxylic acids is 1. The summed E-state index contributed by atoms with van der Waals surface area (Å²) in [4.78, 5) is 11.5. The minimum atomic E-state index is -1.24. The van der Waals surface area contributed by atoms with Crippen LogP contribution in [0.25, 0.3) is 66.8 Å². The number of hydrogen-bond acceptors (Lipinski definition) is 2. The van der Waals surface area contributed by atoms with E-state index < -0.39 is 5.97 Å². The molecule has 1 aromatic heterocycles. The quantitative estimate of drug-likeness (QED) is 0.0827. The lowest BCUT2D eigenvalue weighted by Gasteiger charge is -2.16. The molecule has 0 amide bonds. The van der Waals surface area contributed by atoms with Crippen LogP contribution >= 0.6 is 0 Å². The first-order chi connectivity index (χ1) is 25.2. The lowest BCUT2D eigenvalue weighted by atomic mass is 9.88. The molecule has 4 heteroatoms. The van der Waals surface area contributed by atoms with Gasteiger partial charge in [0, 0.05) is 16.5 Å². The van der Waals surface area contributed by atoms with Crippen LogP contribution in [0.3, 0.4) is 0 Å². The van der Waals surface area contributed by atoms with Gasteiger partial charge in [0.25, 0.3) is 0 Å². The highest BCUT2D eigenvalue weighted by atomic mass is 16.4. The van der Waals surface area contributed by atoms with Crippen LogP contribution in [0, 0.1) is 39.0 Å². The predicted molar refractivity (Wildman–Crippen MR) is 216 cm³/mol. The molecule has 4 nitrogen and oxygen atoms in total. The van der Waals surface area contributed by atoms with E-state index >= 15 is 0 Å². The van der Waals surface area contributed by atoms with E-state index in [0.29, 0.717) is 5.56 Å². The van der Waals surface area contributed by atoms with Crippen LogP contribution in [0.5, 0.6) is 0 Å². The van der Waals surface area contributed by atoms with Crippen molar-refractivity contribution in [2.45, 2.75) is 27.7 Å². The van der Waals surface area contributed by atoms with Gasteiger partial charge in [0.05, 0.1) is 11.0 Å². The minimum Gasteiger partial charge on any atom is -0.477 e. The van der Waals surface area contributed by atoms with E-state index in [1.807, 2.05) is 30.3 Å². The third-order valence-corrected chi connectivity index (χ3v) is 10.1. The number of carbonyl (C=O) groups is 1. The van der Waals surface area contributed by atoms with Crippen LogP contribution < -0.4 is 0 Å². The largest absolute Gasteiger partial charge is 0.477 e. The van der Waals surface area contributed by atoms with Gasteiger partial charge >= 0.3 is 5.97 Å². The molecule has 0 spiro atoms. The van der Waals surface area contributed by atoms with Gasteiger partial charge in [-0.25, -0.2) is 4.79 Å². The van der Waals surface area contributed by atoms with Crippen molar-refractivity contribution in [3.63, 3.8) is 0 Å².